The lowest BCUT2D eigenvalue weighted by Gasteiger charge is -2.37. The fraction of sp³-hybridized carbons (Fsp3) is 0.421. The molecule has 116 valence electrons. The molecule has 3 rings (SSSR count). The van der Waals surface area contributed by atoms with Crippen molar-refractivity contribution in [3.63, 3.8) is 0 Å². The average Bonchev–Trinajstić information content (AvgIpc) is 2.62. The number of piperidine rings is 1. The first-order valence-electron chi connectivity index (χ1n) is 8.13. The predicted molar refractivity (Wildman–Crippen MR) is 88.4 cm³/mol. The quantitative estimate of drug-likeness (QED) is 0.936. The van der Waals surface area contributed by atoms with E-state index in [2.05, 4.69) is 22.9 Å². The van der Waals surface area contributed by atoms with Crippen molar-refractivity contribution in [2.24, 2.45) is 5.92 Å². The van der Waals surface area contributed by atoms with Crippen molar-refractivity contribution in [1.29, 1.82) is 0 Å². The lowest BCUT2D eigenvalue weighted by molar-refractivity contribution is 0.0466. The Balaban J connectivity index is 1.58. The number of nitrogens with zero attached hydrogens (tertiary/aromatic N) is 2. The smallest absolute Gasteiger partial charge is 0.0819 e. The molecule has 22 heavy (non-hydrogen) atoms. The maximum atomic E-state index is 10.6. The van der Waals surface area contributed by atoms with Crippen LogP contribution in [0.25, 0.3) is 0 Å². The highest BCUT2D eigenvalue weighted by Gasteiger charge is 2.28. The number of hydrogen-bond donors (Lipinski definition) is 1. The van der Waals surface area contributed by atoms with Gasteiger partial charge in [0, 0.05) is 12.2 Å². The molecule has 0 aliphatic carbocycles. The number of rotatable bonds is 4. The lowest BCUT2D eigenvalue weighted by Crippen LogP contribution is -2.37. The van der Waals surface area contributed by atoms with Gasteiger partial charge < -0.3 is 5.11 Å². The number of pyridine rings is 1. The molecule has 2 atom stereocenters. The van der Waals surface area contributed by atoms with Gasteiger partial charge in [0.2, 0.25) is 0 Å². The molecule has 0 radical (unpaired) electrons. The van der Waals surface area contributed by atoms with Crippen LogP contribution < -0.4 is 0 Å². The molecule has 2 aromatic rings. The van der Waals surface area contributed by atoms with Crippen LogP contribution in [0.5, 0.6) is 0 Å². The van der Waals surface area contributed by atoms with Gasteiger partial charge in [-0.1, -0.05) is 36.4 Å². The van der Waals surface area contributed by atoms with E-state index in [-0.39, 0.29) is 6.10 Å². The molecule has 0 spiro atoms. The Kier molecular flexibility index (Phi) is 4.86. The zero-order chi connectivity index (χ0) is 15.4. The molecule has 1 aliphatic heterocycles. The van der Waals surface area contributed by atoms with Crippen LogP contribution in [0, 0.1) is 5.92 Å². The van der Waals surface area contributed by atoms with E-state index in [0.29, 0.717) is 12.0 Å². The van der Waals surface area contributed by atoms with Crippen molar-refractivity contribution >= 4 is 0 Å². The maximum absolute atomic E-state index is 10.6. The summed E-state index contributed by atoms with van der Waals surface area (Å²) in [6.07, 6.45) is 3.59. The SMILES string of the molecule is CC(c1ccccn1)N1CCC(C(O)c2ccccc2)CC1. The molecule has 2 heterocycles. The number of aliphatic hydroxyl groups excluding tert-OH is 1. The van der Waals surface area contributed by atoms with Gasteiger partial charge in [0.05, 0.1) is 11.8 Å². The number of aliphatic hydroxyl groups is 1. The molecular formula is C19H24N2O. The summed E-state index contributed by atoms with van der Waals surface area (Å²) in [5, 5.41) is 10.6. The number of likely N-dealkylation sites (tertiary alicyclic amines) is 1. The van der Waals surface area contributed by atoms with Crippen LogP contribution in [0.15, 0.2) is 54.7 Å². The third-order valence-corrected chi connectivity index (χ3v) is 4.83. The van der Waals surface area contributed by atoms with Crippen LogP contribution in [-0.2, 0) is 0 Å². The third-order valence-electron chi connectivity index (χ3n) is 4.83. The Morgan fingerprint density at radius 1 is 1.05 bits per heavy atom. The van der Waals surface area contributed by atoms with Crippen LogP contribution >= 0.6 is 0 Å². The van der Waals surface area contributed by atoms with Crippen molar-refractivity contribution < 1.29 is 5.11 Å². The molecule has 3 nitrogen and oxygen atoms in total. The van der Waals surface area contributed by atoms with E-state index >= 15 is 0 Å². The molecule has 0 amide bonds. The van der Waals surface area contributed by atoms with Gasteiger partial charge in [0.25, 0.3) is 0 Å². The third kappa shape index (κ3) is 3.37. The van der Waals surface area contributed by atoms with Gasteiger partial charge >= 0.3 is 0 Å². The Morgan fingerprint density at radius 2 is 1.73 bits per heavy atom. The number of benzene rings is 1. The van der Waals surface area contributed by atoms with Crippen LogP contribution in [-0.4, -0.2) is 28.1 Å². The summed E-state index contributed by atoms with van der Waals surface area (Å²) in [5.41, 5.74) is 2.17. The van der Waals surface area contributed by atoms with E-state index in [1.54, 1.807) is 0 Å². The molecule has 1 aromatic heterocycles. The Morgan fingerprint density at radius 3 is 2.36 bits per heavy atom. The summed E-state index contributed by atoms with van der Waals surface area (Å²) in [6.45, 7) is 4.26. The van der Waals surface area contributed by atoms with Crippen LogP contribution in [0.1, 0.15) is 43.2 Å². The van der Waals surface area contributed by atoms with Gasteiger partial charge in [-0.3, -0.25) is 9.88 Å². The Bertz CT molecular complexity index is 511. The maximum Gasteiger partial charge on any atom is 0.0819 e. The van der Waals surface area contributed by atoms with Crippen molar-refractivity contribution in [3.8, 4) is 0 Å². The van der Waals surface area contributed by atoms with Crippen LogP contribution in [0.2, 0.25) is 0 Å². The lowest BCUT2D eigenvalue weighted by atomic mass is 9.87. The fourth-order valence-electron chi connectivity index (χ4n) is 3.36. The van der Waals surface area contributed by atoms with Gasteiger partial charge in [-0.25, -0.2) is 0 Å². The summed E-state index contributed by atoms with van der Waals surface area (Å²) < 4.78 is 0. The van der Waals surface area contributed by atoms with E-state index in [4.69, 9.17) is 0 Å². The average molecular weight is 296 g/mol. The zero-order valence-corrected chi connectivity index (χ0v) is 13.1. The minimum atomic E-state index is -0.339. The molecular weight excluding hydrogens is 272 g/mol. The highest BCUT2D eigenvalue weighted by molar-refractivity contribution is 5.18. The first kappa shape index (κ1) is 15.2. The standard InChI is InChI=1S/C19H24N2O/c1-15(18-9-5-6-12-20-18)21-13-10-17(11-14-21)19(22)16-7-3-2-4-8-16/h2-9,12,15,17,19,22H,10-11,13-14H2,1H3. The van der Waals surface area contributed by atoms with Crippen LogP contribution in [0.3, 0.4) is 0 Å². The molecule has 1 aliphatic rings. The molecule has 0 bridgehead atoms. The second-order valence-electron chi connectivity index (χ2n) is 6.16. The van der Waals surface area contributed by atoms with Gasteiger partial charge in [-0.2, -0.15) is 0 Å². The summed E-state index contributed by atoms with van der Waals surface area (Å²) in [7, 11) is 0. The van der Waals surface area contributed by atoms with Gasteiger partial charge in [-0.05, 0) is 56.5 Å². The second-order valence-corrected chi connectivity index (χ2v) is 6.16. The van der Waals surface area contributed by atoms with Gasteiger partial charge in [0.1, 0.15) is 0 Å². The van der Waals surface area contributed by atoms with Crippen molar-refractivity contribution in [2.75, 3.05) is 13.1 Å². The zero-order valence-electron chi connectivity index (χ0n) is 13.1. The minimum Gasteiger partial charge on any atom is -0.388 e. The fourth-order valence-corrected chi connectivity index (χ4v) is 3.36. The number of aromatic nitrogens is 1. The number of hydrogen-bond acceptors (Lipinski definition) is 3. The summed E-state index contributed by atoms with van der Waals surface area (Å²) >= 11 is 0. The van der Waals surface area contributed by atoms with Crippen molar-refractivity contribution in [2.45, 2.75) is 31.9 Å². The van der Waals surface area contributed by atoms with Crippen molar-refractivity contribution in [1.82, 2.24) is 9.88 Å². The first-order valence-corrected chi connectivity index (χ1v) is 8.13. The first-order chi connectivity index (χ1) is 10.8. The molecule has 2 unspecified atom stereocenters. The van der Waals surface area contributed by atoms with Crippen molar-refractivity contribution in [3.05, 3.63) is 66.0 Å². The van der Waals surface area contributed by atoms with E-state index in [1.165, 1.54) is 0 Å². The summed E-state index contributed by atoms with van der Waals surface area (Å²) in [4.78, 5) is 6.93. The normalized spacial score (nSPS) is 19.7. The monoisotopic (exact) mass is 296 g/mol. The topological polar surface area (TPSA) is 36.4 Å². The van der Waals surface area contributed by atoms with Crippen LogP contribution in [0.4, 0.5) is 0 Å². The molecule has 1 saturated heterocycles. The molecule has 1 N–H and O–H groups in total. The Hall–Kier alpha value is -1.71. The highest BCUT2D eigenvalue weighted by Crippen LogP contribution is 2.33. The minimum absolute atomic E-state index is 0.339. The van der Waals surface area contributed by atoms with Gasteiger partial charge in [0.15, 0.2) is 0 Å². The van der Waals surface area contributed by atoms with E-state index < -0.39 is 0 Å². The summed E-state index contributed by atoms with van der Waals surface area (Å²) in [5.74, 6) is 0.356. The molecule has 1 aromatic carbocycles. The molecule has 0 saturated carbocycles. The van der Waals surface area contributed by atoms with E-state index in [0.717, 1.165) is 37.2 Å². The molecule has 3 heteroatoms. The highest BCUT2D eigenvalue weighted by atomic mass is 16.3. The second kappa shape index (κ2) is 7.03. The van der Waals surface area contributed by atoms with Gasteiger partial charge in [-0.15, -0.1) is 0 Å². The van der Waals surface area contributed by atoms with E-state index in [9.17, 15) is 5.11 Å². The summed E-state index contributed by atoms with van der Waals surface area (Å²) in [6, 6.07) is 16.5. The predicted octanol–water partition coefficient (Wildman–Crippen LogP) is 3.59. The van der Waals surface area contributed by atoms with E-state index in [1.807, 2.05) is 48.7 Å². The molecule has 1 fully saturated rings. The Labute approximate surface area is 132 Å². The largest absolute Gasteiger partial charge is 0.388 e.